The molecule has 0 aliphatic heterocycles. The van der Waals surface area contributed by atoms with Gasteiger partial charge in [-0.2, -0.15) is 13.2 Å². The van der Waals surface area contributed by atoms with Gasteiger partial charge in [0.2, 0.25) is 0 Å². The summed E-state index contributed by atoms with van der Waals surface area (Å²) in [6.45, 7) is 5.43. The summed E-state index contributed by atoms with van der Waals surface area (Å²) in [5.41, 5.74) is 0.108. The minimum Gasteiger partial charge on any atom is -0.166 e. The molecule has 0 nitrogen and oxygen atoms in total. The Bertz CT molecular complexity index is 342. The van der Waals surface area contributed by atoms with Crippen LogP contribution in [0.5, 0.6) is 0 Å². The number of aryl methyl sites for hydroxylation is 1. The second-order valence-corrected chi connectivity index (χ2v) is 5.28. The Kier molecular flexibility index (Phi) is 3.71. The van der Waals surface area contributed by atoms with Crippen LogP contribution in [0.15, 0.2) is 23.1 Å². The molecular formula is C11H13F3S. The standard InChI is InChI=1S/C11H13F3S/c1-7(2)15-10-5-4-8(3)6-9(10)11(12,13)14/h4-7H,1-3H3. The Balaban J connectivity index is 3.15. The highest BCUT2D eigenvalue weighted by molar-refractivity contribution is 8.00. The fourth-order valence-corrected chi connectivity index (χ4v) is 2.18. The van der Waals surface area contributed by atoms with E-state index in [9.17, 15) is 13.2 Å². The van der Waals surface area contributed by atoms with Gasteiger partial charge in [0, 0.05) is 10.1 Å². The van der Waals surface area contributed by atoms with Gasteiger partial charge in [0.05, 0.1) is 5.56 Å². The van der Waals surface area contributed by atoms with Crippen molar-refractivity contribution in [3.8, 4) is 0 Å². The van der Waals surface area contributed by atoms with Crippen molar-refractivity contribution < 1.29 is 13.2 Å². The molecule has 84 valence electrons. The predicted octanol–water partition coefficient (Wildman–Crippen LogP) is 4.51. The molecule has 0 amide bonds. The molecule has 0 bridgehead atoms. The van der Waals surface area contributed by atoms with Gasteiger partial charge in [0.25, 0.3) is 0 Å². The molecule has 1 rings (SSSR count). The zero-order valence-corrected chi connectivity index (χ0v) is 9.67. The molecule has 0 aromatic heterocycles. The smallest absolute Gasteiger partial charge is 0.166 e. The summed E-state index contributed by atoms with van der Waals surface area (Å²) >= 11 is 1.24. The first-order chi connectivity index (χ1) is 6.80. The van der Waals surface area contributed by atoms with E-state index in [-0.39, 0.29) is 5.25 Å². The third-order valence-electron chi connectivity index (χ3n) is 1.80. The molecular weight excluding hydrogens is 221 g/mol. The molecule has 4 heteroatoms. The molecule has 0 unspecified atom stereocenters. The Hall–Kier alpha value is -0.640. The van der Waals surface area contributed by atoms with E-state index in [0.717, 1.165) is 0 Å². The summed E-state index contributed by atoms with van der Waals surface area (Å²) in [4.78, 5) is 0.308. The molecule has 0 fully saturated rings. The molecule has 0 saturated heterocycles. The highest BCUT2D eigenvalue weighted by Crippen LogP contribution is 2.38. The normalized spacial score (nSPS) is 12.2. The summed E-state index contributed by atoms with van der Waals surface area (Å²) in [6, 6.07) is 4.45. The molecule has 0 saturated carbocycles. The van der Waals surface area contributed by atoms with Crippen LogP contribution in [0.25, 0.3) is 0 Å². The average molecular weight is 234 g/mol. The summed E-state index contributed by atoms with van der Waals surface area (Å²) in [5.74, 6) is 0. The van der Waals surface area contributed by atoms with Gasteiger partial charge in [-0.3, -0.25) is 0 Å². The number of benzene rings is 1. The van der Waals surface area contributed by atoms with Crippen LogP contribution in [0.2, 0.25) is 0 Å². The highest BCUT2D eigenvalue weighted by atomic mass is 32.2. The number of alkyl halides is 3. The largest absolute Gasteiger partial charge is 0.417 e. The fourth-order valence-electron chi connectivity index (χ4n) is 1.22. The summed E-state index contributed by atoms with van der Waals surface area (Å²) < 4.78 is 38.0. The zero-order valence-electron chi connectivity index (χ0n) is 8.85. The highest BCUT2D eigenvalue weighted by Gasteiger charge is 2.33. The predicted molar refractivity (Wildman–Crippen MR) is 57.2 cm³/mol. The third kappa shape index (κ3) is 3.45. The van der Waals surface area contributed by atoms with Crippen molar-refractivity contribution >= 4 is 11.8 Å². The summed E-state index contributed by atoms with van der Waals surface area (Å²) in [5, 5.41) is 0.147. The fraction of sp³-hybridized carbons (Fsp3) is 0.455. The molecule has 0 aliphatic rings. The molecule has 1 aromatic carbocycles. The van der Waals surface area contributed by atoms with E-state index in [1.54, 1.807) is 19.1 Å². The Morgan fingerprint density at radius 1 is 1.20 bits per heavy atom. The average Bonchev–Trinajstić information content (AvgIpc) is 2.05. The van der Waals surface area contributed by atoms with Crippen LogP contribution in [0.4, 0.5) is 13.2 Å². The first kappa shape index (κ1) is 12.4. The number of halogens is 3. The van der Waals surface area contributed by atoms with Gasteiger partial charge in [-0.05, 0) is 19.1 Å². The van der Waals surface area contributed by atoms with Gasteiger partial charge in [-0.25, -0.2) is 0 Å². The minimum absolute atomic E-state index is 0.147. The van der Waals surface area contributed by atoms with Crippen LogP contribution < -0.4 is 0 Å². The van der Waals surface area contributed by atoms with Crippen molar-refractivity contribution in [1.29, 1.82) is 0 Å². The van der Waals surface area contributed by atoms with Gasteiger partial charge >= 0.3 is 6.18 Å². The number of hydrogen-bond acceptors (Lipinski definition) is 1. The molecule has 0 N–H and O–H groups in total. The van der Waals surface area contributed by atoms with E-state index in [1.807, 2.05) is 13.8 Å². The van der Waals surface area contributed by atoms with Gasteiger partial charge in [-0.1, -0.05) is 25.5 Å². The van der Waals surface area contributed by atoms with Crippen LogP contribution >= 0.6 is 11.8 Å². The molecule has 0 aliphatic carbocycles. The number of rotatable bonds is 2. The van der Waals surface area contributed by atoms with E-state index in [4.69, 9.17) is 0 Å². The van der Waals surface area contributed by atoms with E-state index in [1.165, 1.54) is 17.8 Å². The molecule has 15 heavy (non-hydrogen) atoms. The molecule has 0 radical (unpaired) electrons. The lowest BCUT2D eigenvalue weighted by molar-refractivity contribution is -0.139. The summed E-state index contributed by atoms with van der Waals surface area (Å²) in [6.07, 6.45) is -4.26. The molecule has 0 heterocycles. The third-order valence-corrected chi connectivity index (χ3v) is 2.88. The van der Waals surface area contributed by atoms with Crippen molar-refractivity contribution in [3.05, 3.63) is 29.3 Å². The maximum atomic E-state index is 12.7. The van der Waals surface area contributed by atoms with E-state index in [0.29, 0.717) is 10.5 Å². The van der Waals surface area contributed by atoms with Gasteiger partial charge in [-0.15, -0.1) is 11.8 Å². The number of thioether (sulfide) groups is 1. The van der Waals surface area contributed by atoms with Crippen LogP contribution in [-0.4, -0.2) is 5.25 Å². The lowest BCUT2D eigenvalue weighted by Crippen LogP contribution is -2.08. The van der Waals surface area contributed by atoms with Crippen molar-refractivity contribution in [2.45, 2.75) is 37.1 Å². The van der Waals surface area contributed by atoms with E-state index >= 15 is 0 Å². The minimum atomic E-state index is -4.26. The quantitative estimate of drug-likeness (QED) is 0.678. The van der Waals surface area contributed by atoms with Crippen molar-refractivity contribution in [1.82, 2.24) is 0 Å². The molecule has 0 atom stereocenters. The van der Waals surface area contributed by atoms with Gasteiger partial charge < -0.3 is 0 Å². The first-order valence-corrected chi connectivity index (χ1v) is 5.53. The van der Waals surface area contributed by atoms with Crippen LogP contribution in [0.3, 0.4) is 0 Å². The SMILES string of the molecule is Cc1ccc(SC(C)C)c(C(F)(F)F)c1. The zero-order chi connectivity index (χ0) is 11.6. The van der Waals surface area contributed by atoms with Crippen LogP contribution in [-0.2, 0) is 6.18 Å². The van der Waals surface area contributed by atoms with E-state index in [2.05, 4.69) is 0 Å². The van der Waals surface area contributed by atoms with Crippen molar-refractivity contribution in [2.24, 2.45) is 0 Å². The van der Waals surface area contributed by atoms with Crippen LogP contribution in [0, 0.1) is 6.92 Å². The Labute approximate surface area is 91.9 Å². The Morgan fingerprint density at radius 3 is 2.27 bits per heavy atom. The summed E-state index contributed by atoms with van der Waals surface area (Å²) in [7, 11) is 0. The molecule has 1 aromatic rings. The molecule has 0 spiro atoms. The second-order valence-electron chi connectivity index (χ2n) is 3.66. The lowest BCUT2D eigenvalue weighted by atomic mass is 10.1. The van der Waals surface area contributed by atoms with Crippen LogP contribution in [0.1, 0.15) is 25.0 Å². The monoisotopic (exact) mass is 234 g/mol. The maximum Gasteiger partial charge on any atom is 0.417 e. The van der Waals surface area contributed by atoms with Gasteiger partial charge in [0.1, 0.15) is 0 Å². The Morgan fingerprint density at radius 2 is 1.80 bits per heavy atom. The van der Waals surface area contributed by atoms with Crippen molar-refractivity contribution in [3.63, 3.8) is 0 Å². The maximum absolute atomic E-state index is 12.7. The van der Waals surface area contributed by atoms with Gasteiger partial charge in [0.15, 0.2) is 0 Å². The lowest BCUT2D eigenvalue weighted by Gasteiger charge is -2.14. The van der Waals surface area contributed by atoms with E-state index < -0.39 is 11.7 Å². The first-order valence-electron chi connectivity index (χ1n) is 4.65. The van der Waals surface area contributed by atoms with Crippen molar-refractivity contribution in [2.75, 3.05) is 0 Å². The second kappa shape index (κ2) is 4.47. The topological polar surface area (TPSA) is 0 Å². The number of hydrogen-bond donors (Lipinski definition) is 0.